The van der Waals surface area contributed by atoms with Crippen molar-refractivity contribution in [2.45, 2.75) is 227 Å². The number of rotatable bonds is 23. The lowest BCUT2D eigenvalue weighted by atomic mass is 9.47. The lowest BCUT2D eigenvalue weighted by Crippen LogP contribution is -2.50. The van der Waals surface area contributed by atoms with E-state index in [2.05, 4.69) is 51.3 Å². The van der Waals surface area contributed by atoms with Crippen LogP contribution in [-0.2, 0) is 9.53 Å². The first kappa shape index (κ1) is 52.1. The van der Waals surface area contributed by atoms with Crippen LogP contribution in [0.4, 0.5) is 9.59 Å². The largest absolute Gasteiger partial charge is 0.465 e. The number of unbranched alkanes of at least 4 members (excludes halogenated alkanes) is 4. The van der Waals surface area contributed by atoms with Gasteiger partial charge in [-0.3, -0.25) is 4.79 Å². The molecule has 0 radical (unpaired) electrons. The van der Waals surface area contributed by atoms with Gasteiger partial charge in [-0.25, -0.2) is 9.59 Å². The molecule has 352 valence electrons. The summed E-state index contributed by atoms with van der Waals surface area (Å²) in [7, 11) is 3.93. The summed E-state index contributed by atoms with van der Waals surface area (Å²) >= 11 is 0. The topological polar surface area (TPSA) is 108 Å². The fourth-order valence-electron chi connectivity index (χ4n) is 12.3. The SMILES string of the molecule is CC(C)CCC[C@@H](C)[C@H]1CC[C@H]2[C@@H]3CC=C4C[C@@H](SSCCC(=O)N(CCCCCCCC(C)(C)NC(=O)O)CCC(C)(C)NC(=O)OC(C)(C)C)CC[C@]4(C)[C@H]3CC[C@]12C. The third kappa shape index (κ3) is 15.5. The van der Waals surface area contributed by atoms with E-state index in [0.717, 1.165) is 79.8 Å². The number of amides is 3. The second-order valence-corrected chi connectivity index (χ2v) is 26.1. The maximum Gasteiger partial charge on any atom is 0.408 e. The normalized spacial score (nSPS) is 28.3. The minimum absolute atomic E-state index is 0.198. The molecule has 0 aromatic rings. The van der Waals surface area contributed by atoms with Crippen LogP contribution >= 0.6 is 21.6 Å². The zero-order chi connectivity index (χ0) is 45.2. The molecular formula is C51H91N3O5S2. The predicted octanol–water partition coefficient (Wildman–Crippen LogP) is 14.1. The van der Waals surface area contributed by atoms with Gasteiger partial charge in [-0.1, -0.05) is 113 Å². The van der Waals surface area contributed by atoms with Gasteiger partial charge in [0.15, 0.2) is 0 Å². The Kier molecular flexibility index (Phi) is 19.3. The number of carbonyl (C=O) groups is 3. The van der Waals surface area contributed by atoms with Crippen molar-refractivity contribution in [1.29, 1.82) is 0 Å². The third-order valence-electron chi connectivity index (χ3n) is 15.7. The van der Waals surface area contributed by atoms with Gasteiger partial charge in [-0.15, -0.1) is 0 Å². The van der Waals surface area contributed by atoms with Crippen molar-refractivity contribution in [3.63, 3.8) is 0 Å². The van der Waals surface area contributed by atoms with E-state index in [0.29, 0.717) is 42.0 Å². The fourth-order valence-corrected chi connectivity index (χ4v) is 15.0. The number of ether oxygens (including phenoxy) is 1. The lowest BCUT2D eigenvalue weighted by Gasteiger charge is -2.58. The van der Waals surface area contributed by atoms with Crippen LogP contribution in [0.1, 0.15) is 205 Å². The Morgan fingerprint density at radius 3 is 2.21 bits per heavy atom. The number of carboxylic acid groups (broad SMARTS) is 1. The summed E-state index contributed by atoms with van der Waals surface area (Å²) in [6.07, 6.45) is 23.3. The Morgan fingerprint density at radius 1 is 0.836 bits per heavy atom. The van der Waals surface area contributed by atoms with Crippen LogP contribution in [0.3, 0.4) is 0 Å². The molecule has 0 spiro atoms. The molecule has 3 amide bonds. The van der Waals surface area contributed by atoms with Crippen LogP contribution in [0.15, 0.2) is 11.6 Å². The Morgan fingerprint density at radius 2 is 1.52 bits per heavy atom. The smallest absolute Gasteiger partial charge is 0.408 e. The van der Waals surface area contributed by atoms with Gasteiger partial charge in [0, 0.05) is 41.6 Å². The third-order valence-corrected chi connectivity index (χ3v) is 18.6. The van der Waals surface area contributed by atoms with E-state index < -0.39 is 28.9 Å². The van der Waals surface area contributed by atoms with E-state index in [4.69, 9.17) is 9.84 Å². The van der Waals surface area contributed by atoms with E-state index >= 15 is 0 Å². The van der Waals surface area contributed by atoms with Crippen LogP contribution < -0.4 is 10.6 Å². The quantitative estimate of drug-likeness (QED) is 0.0533. The average Bonchev–Trinajstić information content (AvgIpc) is 3.49. The molecule has 0 aromatic heterocycles. The number of carbonyl (C=O) groups excluding carboxylic acids is 2. The van der Waals surface area contributed by atoms with E-state index in [-0.39, 0.29) is 5.91 Å². The summed E-state index contributed by atoms with van der Waals surface area (Å²) in [5.41, 5.74) is 1.13. The molecule has 61 heavy (non-hydrogen) atoms. The second-order valence-electron chi connectivity index (χ2n) is 23.3. The molecule has 4 aliphatic rings. The average molecular weight is 890 g/mol. The van der Waals surface area contributed by atoms with E-state index in [1.807, 2.05) is 75.0 Å². The van der Waals surface area contributed by atoms with E-state index in [9.17, 15) is 14.4 Å². The molecule has 3 N–H and O–H groups in total. The maximum absolute atomic E-state index is 13.8. The molecule has 0 heterocycles. The van der Waals surface area contributed by atoms with Gasteiger partial charge >= 0.3 is 12.2 Å². The number of hydrogen-bond donors (Lipinski definition) is 3. The number of fused-ring (bicyclic) bond motifs is 5. The number of hydrogen-bond acceptors (Lipinski definition) is 6. The molecule has 0 bridgehead atoms. The minimum Gasteiger partial charge on any atom is -0.465 e. The Bertz CT molecular complexity index is 1460. The van der Waals surface area contributed by atoms with Crippen molar-refractivity contribution in [1.82, 2.24) is 15.5 Å². The maximum atomic E-state index is 13.8. The summed E-state index contributed by atoms with van der Waals surface area (Å²) < 4.78 is 5.52. The van der Waals surface area contributed by atoms with Gasteiger partial charge in [0.1, 0.15) is 5.60 Å². The molecule has 0 saturated heterocycles. The van der Waals surface area contributed by atoms with Crippen molar-refractivity contribution in [3.05, 3.63) is 11.6 Å². The van der Waals surface area contributed by atoms with E-state index in [1.165, 1.54) is 70.6 Å². The van der Waals surface area contributed by atoms with Crippen LogP contribution in [0.25, 0.3) is 0 Å². The first-order valence-electron chi connectivity index (χ1n) is 24.7. The van der Waals surface area contributed by atoms with Gasteiger partial charge in [-0.05, 0) is 165 Å². The van der Waals surface area contributed by atoms with Crippen LogP contribution in [0.5, 0.6) is 0 Å². The molecule has 3 fully saturated rings. The Balaban J connectivity index is 1.25. The summed E-state index contributed by atoms with van der Waals surface area (Å²) in [5, 5.41) is 15.3. The molecule has 10 heteroatoms. The van der Waals surface area contributed by atoms with Crippen molar-refractivity contribution in [3.8, 4) is 0 Å². The number of allylic oxidation sites excluding steroid dienone is 2. The molecule has 0 unspecified atom stereocenters. The monoisotopic (exact) mass is 890 g/mol. The highest BCUT2D eigenvalue weighted by molar-refractivity contribution is 8.76. The zero-order valence-corrected chi connectivity index (χ0v) is 42.7. The van der Waals surface area contributed by atoms with Gasteiger partial charge in [0.25, 0.3) is 0 Å². The minimum atomic E-state index is -0.978. The number of alkyl carbamates (subject to hydrolysis) is 1. The van der Waals surface area contributed by atoms with Crippen LogP contribution in [0.2, 0.25) is 0 Å². The highest BCUT2D eigenvalue weighted by Crippen LogP contribution is 2.67. The Labute approximate surface area is 381 Å². The summed E-state index contributed by atoms with van der Waals surface area (Å²) in [5.74, 6) is 6.21. The highest BCUT2D eigenvalue weighted by Gasteiger charge is 2.59. The van der Waals surface area contributed by atoms with Crippen molar-refractivity contribution in [2.75, 3.05) is 18.8 Å². The van der Waals surface area contributed by atoms with Crippen molar-refractivity contribution in [2.24, 2.45) is 46.3 Å². The Hall–Kier alpha value is -1.55. The molecule has 4 aliphatic carbocycles. The van der Waals surface area contributed by atoms with Gasteiger partial charge in [0.05, 0.1) is 0 Å². The highest BCUT2D eigenvalue weighted by atomic mass is 33.1. The molecule has 4 rings (SSSR count). The molecule has 8 nitrogen and oxygen atoms in total. The number of nitrogens with one attached hydrogen (secondary N) is 2. The number of nitrogens with zero attached hydrogens (tertiary/aromatic N) is 1. The molecule has 3 saturated carbocycles. The first-order valence-corrected chi connectivity index (χ1v) is 27.1. The van der Waals surface area contributed by atoms with Crippen molar-refractivity contribution >= 4 is 39.7 Å². The predicted molar refractivity (Wildman–Crippen MR) is 259 cm³/mol. The standard InChI is InChI=1S/C51H91N3O5S2/c1-36(2)19-18-20-37(3)41-23-24-42-40-22-21-38-35-39(25-29-50(38,11)43(40)26-30-51(41,42)12)61-60-34-27-44(55)54(33-31-49(9,10)53-46(58)59-47(4,5)6)32-17-15-13-14-16-28-48(7,8)52-45(56)57/h21,36-37,39-43,52H,13-20,22-35H2,1-12H3,(H,53,58)(H,56,57)/t37-,39+,40+,41-,42+,43+,50+,51-/m1/s1. The molecule has 0 aromatic carbocycles. The zero-order valence-electron chi connectivity index (χ0n) is 41.0. The lowest BCUT2D eigenvalue weighted by molar-refractivity contribution is -0.131. The van der Waals surface area contributed by atoms with Gasteiger partial charge in [0.2, 0.25) is 5.91 Å². The summed E-state index contributed by atoms with van der Waals surface area (Å²) in [6, 6.07) is 0. The van der Waals surface area contributed by atoms with Crippen LogP contribution in [0, 0.1) is 46.3 Å². The second kappa shape index (κ2) is 22.6. The van der Waals surface area contributed by atoms with Gasteiger partial charge < -0.3 is 25.4 Å². The summed E-state index contributed by atoms with van der Waals surface area (Å²) in [6.45, 7) is 27.4. The van der Waals surface area contributed by atoms with Crippen LogP contribution in [-0.4, -0.2) is 68.9 Å². The molecular weight excluding hydrogens is 799 g/mol. The fraction of sp³-hybridized carbons (Fsp3) is 0.902. The van der Waals surface area contributed by atoms with E-state index in [1.54, 1.807) is 5.57 Å². The summed E-state index contributed by atoms with van der Waals surface area (Å²) in [4.78, 5) is 39.5. The first-order chi connectivity index (χ1) is 28.4. The molecule has 8 atom stereocenters. The van der Waals surface area contributed by atoms with Gasteiger partial charge in [-0.2, -0.15) is 0 Å². The molecule has 0 aliphatic heterocycles. The van der Waals surface area contributed by atoms with Crippen molar-refractivity contribution < 1.29 is 24.2 Å².